The zero-order valence-electron chi connectivity index (χ0n) is 17.6. The van der Waals surface area contributed by atoms with E-state index in [0.29, 0.717) is 0 Å². The van der Waals surface area contributed by atoms with Gasteiger partial charge in [0.1, 0.15) is 0 Å². The minimum Gasteiger partial charge on any atom is -0.355 e. The number of piperazine rings is 1. The second-order valence-corrected chi connectivity index (χ2v) is 7.19. The molecule has 8 heteroatoms. The monoisotopic (exact) mass is 509 g/mol. The molecule has 0 bridgehead atoms. The minimum absolute atomic E-state index is 0. The molecule has 7 nitrogen and oxygen atoms in total. The van der Waals surface area contributed by atoms with Crippen molar-refractivity contribution >= 4 is 35.9 Å². The molecule has 0 saturated carbocycles. The van der Waals surface area contributed by atoms with E-state index in [4.69, 9.17) is 0 Å². The summed E-state index contributed by atoms with van der Waals surface area (Å²) in [4.78, 5) is 20.0. The molecular weight excluding hydrogens is 477 g/mol. The normalized spacial score (nSPS) is 15.0. The van der Waals surface area contributed by atoms with Gasteiger partial charge in [-0.3, -0.25) is 9.89 Å². The van der Waals surface area contributed by atoms with Crippen LogP contribution in [0.25, 0.3) is 0 Å². The maximum atomic E-state index is 4.42. The molecule has 1 fully saturated rings. The van der Waals surface area contributed by atoms with Gasteiger partial charge in [0.25, 0.3) is 0 Å². The average Bonchev–Trinajstić information content (AvgIpc) is 2.74. The number of aliphatic imine (C=N–C) groups is 1. The van der Waals surface area contributed by atoms with E-state index in [-0.39, 0.29) is 24.0 Å². The fraction of sp³-hybridized carbons (Fsp3) is 0.476. The Morgan fingerprint density at radius 3 is 2.38 bits per heavy atom. The van der Waals surface area contributed by atoms with Gasteiger partial charge in [-0.15, -0.1) is 24.0 Å². The molecule has 0 aliphatic carbocycles. The number of aromatic nitrogens is 2. The van der Waals surface area contributed by atoms with Crippen molar-refractivity contribution in [2.75, 3.05) is 58.3 Å². The molecule has 2 aromatic rings. The standard InChI is InChI=1S/C21H31N7.HI/c1-18-5-7-19(8-6-18)17-26(3)20(22-2)25-11-12-27-13-15-28(16-14-27)21-23-9-4-10-24-21;/h4-10H,11-17H2,1-3H3,(H,22,25);1H. The fourth-order valence-electron chi connectivity index (χ4n) is 3.38. The molecule has 0 spiro atoms. The number of hydrogen-bond acceptors (Lipinski definition) is 5. The lowest BCUT2D eigenvalue weighted by atomic mass is 10.1. The second kappa shape index (κ2) is 11.9. The van der Waals surface area contributed by atoms with Gasteiger partial charge in [-0.05, 0) is 18.6 Å². The lowest BCUT2D eigenvalue weighted by molar-refractivity contribution is 0.259. The van der Waals surface area contributed by atoms with Crippen LogP contribution in [0.2, 0.25) is 0 Å². The highest BCUT2D eigenvalue weighted by atomic mass is 127. The van der Waals surface area contributed by atoms with E-state index in [2.05, 4.69) is 73.2 Å². The van der Waals surface area contributed by atoms with E-state index in [1.165, 1.54) is 11.1 Å². The van der Waals surface area contributed by atoms with Crippen molar-refractivity contribution in [1.29, 1.82) is 0 Å². The number of rotatable bonds is 6. The third-order valence-corrected chi connectivity index (χ3v) is 5.03. The van der Waals surface area contributed by atoms with Crippen molar-refractivity contribution in [3.63, 3.8) is 0 Å². The fourth-order valence-corrected chi connectivity index (χ4v) is 3.38. The van der Waals surface area contributed by atoms with E-state index < -0.39 is 0 Å². The Hall–Kier alpha value is -1.94. The molecule has 1 aromatic carbocycles. The van der Waals surface area contributed by atoms with Crippen LogP contribution in [0, 0.1) is 6.92 Å². The van der Waals surface area contributed by atoms with Crippen molar-refractivity contribution in [2.45, 2.75) is 13.5 Å². The maximum Gasteiger partial charge on any atom is 0.225 e. The third kappa shape index (κ3) is 7.11. The number of benzene rings is 1. The van der Waals surface area contributed by atoms with Gasteiger partial charge >= 0.3 is 0 Å². The lowest BCUT2D eigenvalue weighted by Gasteiger charge is -2.34. The van der Waals surface area contributed by atoms with Gasteiger partial charge in [-0.25, -0.2) is 9.97 Å². The van der Waals surface area contributed by atoms with Gasteiger partial charge in [0.15, 0.2) is 5.96 Å². The van der Waals surface area contributed by atoms with Gasteiger partial charge in [-0.2, -0.15) is 0 Å². The van der Waals surface area contributed by atoms with Crippen molar-refractivity contribution in [2.24, 2.45) is 4.99 Å². The maximum absolute atomic E-state index is 4.42. The van der Waals surface area contributed by atoms with Gasteiger partial charge < -0.3 is 15.1 Å². The molecule has 1 aliphatic rings. The topological polar surface area (TPSA) is 59.9 Å². The molecule has 0 amide bonds. The molecule has 1 aliphatic heterocycles. The third-order valence-electron chi connectivity index (χ3n) is 5.03. The summed E-state index contributed by atoms with van der Waals surface area (Å²) < 4.78 is 0. The first-order chi connectivity index (χ1) is 13.7. The molecule has 158 valence electrons. The van der Waals surface area contributed by atoms with Crippen LogP contribution in [0.1, 0.15) is 11.1 Å². The predicted molar refractivity (Wildman–Crippen MR) is 130 cm³/mol. The Kier molecular flexibility index (Phi) is 9.59. The number of hydrogen-bond donors (Lipinski definition) is 1. The highest BCUT2D eigenvalue weighted by molar-refractivity contribution is 14.0. The van der Waals surface area contributed by atoms with E-state index >= 15 is 0 Å². The molecule has 2 heterocycles. The minimum atomic E-state index is 0. The molecule has 1 aromatic heterocycles. The highest BCUT2D eigenvalue weighted by Gasteiger charge is 2.18. The smallest absolute Gasteiger partial charge is 0.225 e. The van der Waals surface area contributed by atoms with Gasteiger partial charge in [-0.1, -0.05) is 29.8 Å². The van der Waals surface area contributed by atoms with Gasteiger partial charge in [0.2, 0.25) is 5.95 Å². The van der Waals surface area contributed by atoms with Crippen molar-refractivity contribution in [3.05, 3.63) is 53.9 Å². The van der Waals surface area contributed by atoms with Crippen LogP contribution in [0.5, 0.6) is 0 Å². The summed E-state index contributed by atoms with van der Waals surface area (Å²) >= 11 is 0. The lowest BCUT2D eigenvalue weighted by Crippen LogP contribution is -2.49. The number of anilines is 1. The van der Waals surface area contributed by atoms with Crippen LogP contribution < -0.4 is 10.2 Å². The second-order valence-electron chi connectivity index (χ2n) is 7.19. The first-order valence-electron chi connectivity index (χ1n) is 9.87. The van der Waals surface area contributed by atoms with E-state index in [9.17, 15) is 0 Å². The summed E-state index contributed by atoms with van der Waals surface area (Å²) in [6, 6.07) is 10.5. The Morgan fingerprint density at radius 2 is 1.76 bits per heavy atom. The summed E-state index contributed by atoms with van der Waals surface area (Å²) in [6.45, 7) is 8.82. The van der Waals surface area contributed by atoms with Gasteiger partial charge in [0, 0.05) is 72.3 Å². The van der Waals surface area contributed by atoms with E-state index in [0.717, 1.165) is 57.7 Å². The Bertz CT molecular complexity index is 743. The first kappa shape index (κ1) is 23.3. The van der Waals surface area contributed by atoms with Crippen LogP contribution in [-0.4, -0.2) is 79.1 Å². The molecule has 0 unspecified atom stereocenters. The summed E-state index contributed by atoms with van der Waals surface area (Å²) in [5, 5.41) is 3.49. The Morgan fingerprint density at radius 1 is 1.10 bits per heavy atom. The van der Waals surface area contributed by atoms with Crippen LogP contribution in [0.4, 0.5) is 5.95 Å². The van der Waals surface area contributed by atoms with Crippen LogP contribution >= 0.6 is 24.0 Å². The summed E-state index contributed by atoms with van der Waals surface area (Å²) in [7, 11) is 3.92. The Balaban J connectivity index is 0.00000300. The molecule has 1 saturated heterocycles. The largest absolute Gasteiger partial charge is 0.355 e. The van der Waals surface area contributed by atoms with Crippen LogP contribution in [0.3, 0.4) is 0 Å². The highest BCUT2D eigenvalue weighted by Crippen LogP contribution is 2.09. The van der Waals surface area contributed by atoms with Crippen molar-refractivity contribution < 1.29 is 0 Å². The SMILES string of the molecule is CN=C(NCCN1CCN(c2ncccn2)CC1)N(C)Cc1ccc(C)cc1.I. The van der Waals surface area contributed by atoms with Crippen LogP contribution in [0.15, 0.2) is 47.7 Å². The van der Waals surface area contributed by atoms with E-state index in [1.807, 2.05) is 13.1 Å². The Labute approximate surface area is 191 Å². The molecule has 0 radical (unpaired) electrons. The van der Waals surface area contributed by atoms with Crippen molar-refractivity contribution in [3.8, 4) is 0 Å². The zero-order chi connectivity index (χ0) is 19.8. The summed E-state index contributed by atoms with van der Waals surface area (Å²) in [5.41, 5.74) is 2.57. The average molecular weight is 509 g/mol. The molecule has 1 N–H and O–H groups in total. The quantitative estimate of drug-likeness (QED) is 0.366. The molecule has 3 rings (SSSR count). The zero-order valence-corrected chi connectivity index (χ0v) is 19.9. The number of nitrogens with one attached hydrogen (secondary N) is 1. The number of aryl methyl sites for hydroxylation is 1. The number of nitrogens with zero attached hydrogens (tertiary/aromatic N) is 6. The van der Waals surface area contributed by atoms with Crippen LogP contribution in [-0.2, 0) is 6.54 Å². The number of halogens is 1. The molecule has 29 heavy (non-hydrogen) atoms. The van der Waals surface area contributed by atoms with E-state index in [1.54, 1.807) is 12.4 Å². The summed E-state index contributed by atoms with van der Waals surface area (Å²) in [6.07, 6.45) is 3.61. The predicted octanol–water partition coefficient (Wildman–Crippen LogP) is 2.23. The molecule has 0 atom stereocenters. The van der Waals surface area contributed by atoms with Gasteiger partial charge in [0.05, 0.1) is 0 Å². The number of guanidine groups is 1. The van der Waals surface area contributed by atoms with Crippen molar-refractivity contribution in [1.82, 2.24) is 25.1 Å². The summed E-state index contributed by atoms with van der Waals surface area (Å²) in [5.74, 6) is 1.76. The first-order valence-corrected chi connectivity index (χ1v) is 9.87. The molecular formula is C21H32IN7.